The van der Waals surface area contributed by atoms with Crippen molar-refractivity contribution >= 4 is 0 Å². The van der Waals surface area contributed by atoms with Gasteiger partial charge >= 0.3 is 0 Å². The normalized spacial score (nSPS) is 19.7. The Labute approximate surface area is 140 Å². The number of β-amino-alcohol motifs (C(OH)–C–C–N with tert-alkyl or cyclic N) is 1. The highest BCUT2D eigenvalue weighted by atomic mass is 19.1. The highest BCUT2D eigenvalue weighted by Crippen LogP contribution is 2.19. The monoisotopic (exact) mass is 334 g/mol. The molecule has 0 unspecified atom stereocenters. The average Bonchev–Trinajstić information content (AvgIpc) is 3.22. The summed E-state index contributed by atoms with van der Waals surface area (Å²) in [7, 11) is 0. The lowest BCUT2D eigenvalue weighted by Crippen LogP contribution is -2.40. The Hall–Kier alpha value is -1.83. The van der Waals surface area contributed by atoms with Gasteiger partial charge in [0.2, 0.25) is 0 Å². The smallest absolute Gasteiger partial charge is 0.137 e. The van der Waals surface area contributed by atoms with E-state index >= 15 is 0 Å². The molecule has 0 radical (unpaired) electrons. The Morgan fingerprint density at radius 3 is 3.04 bits per heavy atom. The summed E-state index contributed by atoms with van der Waals surface area (Å²) in [5.41, 5.74) is 0.509. The summed E-state index contributed by atoms with van der Waals surface area (Å²) in [6, 6.07) is 6.88. The second kappa shape index (κ2) is 8.32. The molecule has 0 amide bonds. The van der Waals surface area contributed by atoms with Gasteiger partial charge in [0, 0.05) is 18.2 Å². The number of ether oxygens (including phenoxy) is 1. The van der Waals surface area contributed by atoms with E-state index in [1.54, 1.807) is 24.5 Å². The average molecular weight is 334 g/mol. The summed E-state index contributed by atoms with van der Waals surface area (Å²) in [4.78, 5) is 6.22. The van der Waals surface area contributed by atoms with Gasteiger partial charge in [0.15, 0.2) is 0 Å². The Kier molecular flexibility index (Phi) is 5.90. The van der Waals surface area contributed by atoms with Crippen molar-refractivity contribution in [2.45, 2.75) is 38.1 Å². The fraction of sp³-hybridized carbons (Fsp3) is 0.529. The summed E-state index contributed by atoms with van der Waals surface area (Å²) in [5.74, 6) is -0.278. The van der Waals surface area contributed by atoms with Crippen LogP contribution in [0.15, 0.2) is 36.9 Å². The van der Waals surface area contributed by atoms with E-state index in [4.69, 9.17) is 4.74 Å². The van der Waals surface area contributed by atoms with Crippen LogP contribution in [0.2, 0.25) is 0 Å². The first-order valence-electron chi connectivity index (χ1n) is 8.28. The van der Waals surface area contributed by atoms with Crippen molar-refractivity contribution in [1.29, 1.82) is 0 Å². The third-order valence-electron chi connectivity index (χ3n) is 4.33. The Morgan fingerprint density at radius 2 is 2.25 bits per heavy atom. The van der Waals surface area contributed by atoms with Gasteiger partial charge in [0.1, 0.15) is 18.5 Å². The van der Waals surface area contributed by atoms with Crippen molar-refractivity contribution in [3.05, 3.63) is 48.3 Å². The molecule has 0 aliphatic carbocycles. The second-order valence-electron chi connectivity index (χ2n) is 6.17. The second-order valence-corrected chi connectivity index (χ2v) is 6.17. The summed E-state index contributed by atoms with van der Waals surface area (Å²) in [6.07, 6.45) is 4.85. The zero-order valence-electron chi connectivity index (χ0n) is 13.6. The molecule has 24 heavy (non-hydrogen) atoms. The lowest BCUT2D eigenvalue weighted by molar-refractivity contribution is 0.00594. The molecule has 1 fully saturated rings. The number of aromatic nitrogens is 3. The molecule has 1 aliphatic rings. The third kappa shape index (κ3) is 4.59. The van der Waals surface area contributed by atoms with Crippen LogP contribution in [0.25, 0.3) is 0 Å². The van der Waals surface area contributed by atoms with Gasteiger partial charge in [-0.05, 0) is 25.5 Å². The lowest BCUT2D eigenvalue weighted by Gasteiger charge is -2.26. The molecule has 0 spiro atoms. The van der Waals surface area contributed by atoms with Crippen LogP contribution in [0.4, 0.5) is 4.39 Å². The van der Waals surface area contributed by atoms with Crippen molar-refractivity contribution in [2.75, 3.05) is 19.7 Å². The third-order valence-corrected chi connectivity index (χ3v) is 4.33. The Balaban J connectivity index is 1.42. The first-order chi connectivity index (χ1) is 11.7. The molecule has 3 rings (SSSR count). The highest BCUT2D eigenvalue weighted by molar-refractivity contribution is 5.16. The molecule has 6 nitrogen and oxygen atoms in total. The van der Waals surface area contributed by atoms with Crippen LogP contribution < -0.4 is 0 Å². The lowest BCUT2D eigenvalue weighted by atomic mass is 10.2. The number of halogens is 1. The van der Waals surface area contributed by atoms with E-state index < -0.39 is 6.10 Å². The zero-order valence-corrected chi connectivity index (χ0v) is 13.6. The number of benzene rings is 1. The fourth-order valence-corrected chi connectivity index (χ4v) is 3.13. The SMILES string of the molecule is O[C@H](COCc1ccccc1F)CN1CCC[C@H]1Cn1cncn1. The standard InChI is InChI=1S/C17H23FN4O2/c18-17-6-2-1-4-14(17)10-24-11-16(23)9-21-7-3-5-15(21)8-22-13-19-12-20-22/h1-2,4,6,12-13,15-16,23H,3,5,7-11H2/t15-,16-/m0/s1. The minimum absolute atomic E-state index is 0.173. The number of nitrogens with zero attached hydrogens (tertiary/aromatic N) is 4. The molecule has 1 saturated heterocycles. The molecule has 1 aromatic carbocycles. The fourth-order valence-electron chi connectivity index (χ4n) is 3.13. The molecule has 1 N–H and O–H groups in total. The van der Waals surface area contributed by atoms with E-state index in [0.29, 0.717) is 18.2 Å². The van der Waals surface area contributed by atoms with Gasteiger partial charge in [-0.25, -0.2) is 9.37 Å². The Morgan fingerprint density at radius 1 is 1.38 bits per heavy atom. The zero-order chi connectivity index (χ0) is 16.8. The molecule has 2 aromatic rings. The van der Waals surface area contributed by atoms with Crippen LogP contribution in [0.3, 0.4) is 0 Å². The summed E-state index contributed by atoms with van der Waals surface area (Å²) in [5, 5.41) is 14.3. The molecule has 2 atom stereocenters. The minimum atomic E-state index is -0.590. The molecule has 130 valence electrons. The van der Waals surface area contributed by atoms with Crippen LogP contribution in [-0.2, 0) is 17.9 Å². The first kappa shape index (κ1) is 17.0. The first-order valence-corrected chi connectivity index (χ1v) is 8.28. The van der Waals surface area contributed by atoms with Gasteiger partial charge in [-0.15, -0.1) is 0 Å². The predicted octanol–water partition coefficient (Wildman–Crippen LogP) is 1.46. The molecular formula is C17H23FN4O2. The van der Waals surface area contributed by atoms with E-state index in [9.17, 15) is 9.50 Å². The highest BCUT2D eigenvalue weighted by Gasteiger charge is 2.26. The predicted molar refractivity (Wildman–Crippen MR) is 86.7 cm³/mol. The maximum absolute atomic E-state index is 13.5. The molecule has 1 aliphatic heterocycles. The van der Waals surface area contributed by atoms with Crippen LogP contribution >= 0.6 is 0 Å². The summed E-state index contributed by atoms with van der Waals surface area (Å²) in [6.45, 7) is 2.66. The maximum atomic E-state index is 13.5. The Bertz CT molecular complexity index is 623. The molecule has 0 bridgehead atoms. The summed E-state index contributed by atoms with van der Waals surface area (Å²) < 4.78 is 20.8. The number of likely N-dealkylation sites (tertiary alicyclic amines) is 1. The van der Waals surface area contributed by atoms with Gasteiger partial charge in [0.25, 0.3) is 0 Å². The number of aliphatic hydroxyl groups is 1. The van der Waals surface area contributed by atoms with Crippen molar-refractivity contribution in [1.82, 2.24) is 19.7 Å². The minimum Gasteiger partial charge on any atom is -0.389 e. The van der Waals surface area contributed by atoms with Crippen LogP contribution in [-0.4, -0.2) is 56.6 Å². The largest absolute Gasteiger partial charge is 0.389 e. The number of aliphatic hydroxyl groups excluding tert-OH is 1. The quantitative estimate of drug-likeness (QED) is 0.792. The van der Waals surface area contributed by atoms with E-state index in [-0.39, 0.29) is 19.0 Å². The van der Waals surface area contributed by atoms with E-state index in [1.807, 2.05) is 4.68 Å². The van der Waals surface area contributed by atoms with Gasteiger partial charge in [-0.1, -0.05) is 18.2 Å². The van der Waals surface area contributed by atoms with Gasteiger partial charge in [-0.2, -0.15) is 5.10 Å². The van der Waals surface area contributed by atoms with E-state index in [0.717, 1.165) is 25.9 Å². The van der Waals surface area contributed by atoms with Crippen LogP contribution in [0, 0.1) is 5.82 Å². The van der Waals surface area contributed by atoms with Crippen molar-refractivity contribution in [3.63, 3.8) is 0 Å². The molecular weight excluding hydrogens is 311 g/mol. The van der Waals surface area contributed by atoms with E-state index in [1.165, 1.54) is 12.4 Å². The van der Waals surface area contributed by atoms with Gasteiger partial charge in [-0.3, -0.25) is 9.58 Å². The van der Waals surface area contributed by atoms with Crippen molar-refractivity contribution < 1.29 is 14.2 Å². The summed E-state index contributed by atoms with van der Waals surface area (Å²) >= 11 is 0. The van der Waals surface area contributed by atoms with Gasteiger partial charge in [0.05, 0.1) is 25.9 Å². The van der Waals surface area contributed by atoms with Crippen molar-refractivity contribution in [3.8, 4) is 0 Å². The van der Waals surface area contributed by atoms with Gasteiger partial charge < -0.3 is 9.84 Å². The van der Waals surface area contributed by atoms with E-state index in [2.05, 4.69) is 15.0 Å². The van der Waals surface area contributed by atoms with Crippen molar-refractivity contribution in [2.24, 2.45) is 0 Å². The molecule has 7 heteroatoms. The number of hydrogen-bond donors (Lipinski definition) is 1. The molecule has 2 heterocycles. The van der Waals surface area contributed by atoms with Crippen LogP contribution in [0.1, 0.15) is 18.4 Å². The molecule has 0 saturated carbocycles. The van der Waals surface area contributed by atoms with Crippen LogP contribution in [0.5, 0.6) is 0 Å². The topological polar surface area (TPSA) is 63.4 Å². The molecule has 1 aromatic heterocycles. The maximum Gasteiger partial charge on any atom is 0.137 e. The number of hydrogen-bond acceptors (Lipinski definition) is 5. The number of rotatable bonds is 8.